The molecule has 0 radical (unpaired) electrons. The number of hydrogen-bond acceptors (Lipinski definition) is 6. The van der Waals surface area contributed by atoms with Gasteiger partial charge in [0.25, 0.3) is 5.56 Å². The van der Waals surface area contributed by atoms with Gasteiger partial charge in [-0.05, 0) is 55.3 Å². The average Bonchev–Trinajstić information content (AvgIpc) is 3.18. The second-order valence-electron chi connectivity index (χ2n) is 9.37. The number of benzene rings is 3. The minimum atomic E-state index is -1.18. The molecule has 37 heavy (non-hydrogen) atoms. The Morgan fingerprint density at radius 3 is 2.59 bits per heavy atom. The Hall–Kier alpha value is -4.17. The third kappa shape index (κ3) is 3.84. The van der Waals surface area contributed by atoms with E-state index in [2.05, 4.69) is 5.32 Å². The molecular formula is C29H25N3O4S. The topological polar surface area (TPSA) is 81.9 Å². The van der Waals surface area contributed by atoms with E-state index in [0.717, 1.165) is 28.1 Å². The zero-order valence-electron chi connectivity index (χ0n) is 20.6. The van der Waals surface area contributed by atoms with Gasteiger partial charge in [0, 0.05) is 11.3 Å². The Morgan fingerprint density at radius 1 is 1.11 bits per heavy atom. The lowest BCUT2D eigenvalue weighted by atomic mass is 9.80. The molecule has 4 aromatic rings. The summed E-state index contributed by atoms with van der Waals surface area (Å²) in [5.41, 5.74) is 1.97. The molecule has 2 aliphatic heterocycles. The van der Waals surface area contributed by atoms with E-state index in [-0.39, 0.29) is 11.5 Å². The molecule has 3 heterocycles. The first-order valence-corrected chi connectivity index (χ1v) is 12.8. The monoisotopic (exact) mass is 511 g/mol. The maximum Gasteiger partial charge on any atom is 0.270 e. The van der Waals surface area contributed by atoms with Crippen LogP contribution in [0.4, 0.5) is 5.69 Å². The molecule has 3 aromatic carbocycles. The predicted octanol–water partition coefficient (Wildman–Crippen LogP) is 3.64. The van der Waals surface area contributed by atoms with Gasteiger partial charge in [-0.2, -0.15) is 0 Å². The van der Waals surface area contributed by atoms with Crippen molar-refractivity contribution < 1.29 is 14.3 Å². The fraction of sp³-hybridized carbons (Fsp3) is 0.207. The molecule has 2 bridgehead atoms. The van der Waals surface area contributed by atoms with Crippen molar-refractivity contribution in [3.05, 3.63) is 109 Å². The second kappa shape index (κ2) is 8.74. The summed E-state index contributed by atoms with van der Waals surface area (Å²) >= 11 is 1.30. The summed E-state index contributed by atoms with van der Waals surface area (Å²) < 4.78 is 13.8. The van der Waals surface area contributed by atoms with Crippen molar-refractivity contribution in [3.63, 3.8) is 0 Å². The SMILES string of the molecule is COc1ccc(/C=c2/sc3n(c2=O)[C@H]2c4ccccc4O[C@@](C)(N=3)[C@@H]2C(=O)Nc2ccccc2C)cc1. The quantitative estimate of drug-likeness (QED) is 0.454. The summed E-state index contributed by atoms with van der Waals surface area (Å²) in [6.45, 7) is 3.76. The highest BCUT2D eigenvalue weighted by atomic mass is 32.1. The van der Waals surface area contributed by atoms with Gasteiger partial charge in [-0.15, -0.1) is 0 Å². The van der Waals surface area contributed by atoms with Gasteiger partial charge < -0.3 is 14.8 Å². The van der Waals surface area contributed by atoms with E-state index in [1.54, 1.807) is 11.7 Å². The first kappa shape index (κ1) is 23.2. The van der Waals surface area contributed by atoms with Crippen LogP contribution in [0.3, 0.4) is 0 Å². The van der Waals surface area contributed by atoms with Crippen LogP contribution in [0.25, 0.3) is 6.08 Å². The summed E-state index contributed by atoms with van der Waals surface area (Å²) in [6.07, 6.45) is 1.84. The van der Waals surface area contributed by atoms with Crippen LogP contribution < -0.4 is 29.7 Å². The van der Waals surface area contributed by atoms with Crippen LogP contribution in [0.1, 0.15) is 29.7 Å². The number of aryl methyl sites for hydroxylation is 1. The molecule has 3 atom stereocenters. The van der Waals surface area contributed by atoms with Gasteiger partial charge in [-0.1, -0.05) is 59.9 Å². The number of rotatable bonds is 4. The maximum atomic E-state index is 13.8. The van der Waals surface area contributed by atoms with Crippen molar-refractivity contribution in [3.8, 4) is 11.5 Å². The summed E-state index contributed by atoms with van der Waals surface area (Å²) in [7, 11) is 1.62. The van der Waals surface area contributed by atoms with Crippen LogP contribution in [0, 0.1) is 12.8 Å². The third-order valence-electron chi connectivity index (χ3n) is 6.98. The normalized spacial score (nSPS) is 21.8. The molecule has 6 rings (SSSR count). The minimum absolute atomic E-state index is 0.183. The number of carbonyl (C=O) groups excluding carboxylic acids is 1. The summed E-state index contributed by atoms with van der Waals surface area (Å²) in [5, 5.41) is 3.06. The molecule has 0 aliphatic carbocycles. The molecule has 0 saturated carbocycles. The zero-order chi connectivity index (χ0) is 25.7. The third-order valence-corrected chi connectivity index (χ3v) is 7.96. The number of para-hydroxylation sites is 2. The summed E-state index contributed by atoms with van der Waals surface area (Å²) in [4.78, 5) is 33.1. The van der Waals surface area contributed by atoms with Gasteiger partial charge in [0.05, 0.1) is 17.7 Å². The summed E-state index contributed by atoms with van der Waals surface area (Å²) in [5.74, 6) is 0.371. The molecule has 8 heteroatoms. The number of fused-ring (bicyclic) bond motifs is 6. The molecule has 0 saturated heterocycles. The van der Waals surface area contributed by atoms with E-state index < -0.39 is 17.7 Å². The van der Waals surface area contributed by atoms with Crippen LogP contribution in [0.2, 0.25) is 0 Å². The molecule has 0 unspecified atom stereocenters. The smallest absolute Gasteiger partial charge is 0.270 e. The van der Waals surface area contributed by atoms with E-state index in [1.165, 1.54) is 11.3 Å². The lowest BCUT2D eigenvalue weighted by Gasteiger charge is -2.45. The number of aromatic nitrogens is 1. The second-order valence-corrected chi connectivity index (χ2v) is 10.4. The van der Waals surface area contributed by atoms with Crippen molar-refractivity contribution in [1.82, 2.24) is 4.57 Å². The lowest BCUT2D eigenvalue weighted by molar-refractivity contribution is -0.131. The largest absolute Gasteiger partial charge is 0.497 e. The number of methoxy groups -OCH3 is 1. The van der Waals surface area contributed by atoms with Gasteiger partial charge in [-0.25, -0.2) is 4.99 Å². The predicted molar refractivity (Wildman–Crippen MR) is 143 cm³/mol. The van der Waals surface area contributed by atoms with E-state index in [0.29, 0.717) is 15.1 Å². The van der Waals surface area contributed by atoms with Gasteiger partial charge >= 0.3 is 0 Å². The number of amides is 1. The Kier molecular flexibility index (Phi) is 5.49. The molecule has 0 spiro atoms. The van der Waals surface area contributed by atoms with Crippen LogP contribution >= 0.6 is 11.3 Å². The number of carbonyl (C=O) groups is 1. The molecule has 2 aliphatic rings. The van der Waals surface area contributed by atoms with E-state index in [4.69, 9.17) is 14.5 Å². The first-order chi connectivity index (χ1) is 17.9. The van der Waals surface area contributed by atoms with Crippen molar-refractivity contribution in [1.29, 1.82) is 0 Å². The van der Waals surface area contributed by atoms with Crippen LogP contribution in [0.5, 0.6) is 11.5 Å². The van der Waals surface area contributed by atoms with Gasteiger partial charge in [-0.3, -0.25) is 14.2 Å². The summed E-state index contributed by atoms with van der Waals surface area (Å²) in [6, 6.07) is 22.1. The standard InChI is InChI=1S/C29H25N3O4S/c1-17-8-4-6-10-21(17)30-26(33)24-25-20-9-5-7-11-22(20)36-29(24,2)31-28-32(25)27(34)23(37-28)16-18-12-14-19(35-3)15-13-18/h4-16,24-25H,1-3H3,(H,30,33)/b23-16+/t24-,25-,29+/m0/s1. The van der Waals surface area contributed by atoms with Crippen LogP contribution in [-0.4, -0.2) is 23.3 Å². The molecule has 0 fully saturated rings. The average molecular weight is 512 g/mol. The molecule has 1 amide bonds. The van der Waals surface area contributed by atoms with E-state index in [1.807, 2.05) is 92.7 Å². The Morgan fingerprint density at radius 2 is 1.84 bits per heavy atom. The highest BCUT2D eigenvalue weighted by Crippen LogP contribution is 2.47. The van der Waals surface area contributed by atoms with Crippen LogP contribution in [0.15, 0.2) is 82.6 Å². The molecule has 186 valence electrons. The Bertz CT molecular complexity index is 1710. The van der Waals surface area contributed by atoms with E-state index >= 15 is 0 Å². The fourth-order valence-corrected chi connectivity index (χ4v) is 6.22. The van der Waals surface area contributed by atoms with E-state index in [9.17, 15) is 9.59 Å². The van der Waals surface area contributed by atoms with Crippen molar-refractivity contribution in [2.45, 2.75) is 25.6 Å². The first-order valence-electron chi connectivity index (χ1n) is 12.0. The minimum Gasteiger partial charge on any atom is -0.497 e. The highest BCUT2D eigenvalue weighted by molar-refractivity contribution is 7.07. The van der Waals surface area contributed by atoms with Gasteiger partial charge in [0.2, 0.25) is 11.6 Å². The maximum absolute atomic E-state index is 13.8. The highest BCUT2D eigenvalue weighted by Gasteiger charge is 2.55. The molecule has 7 nitrogen and oxygen atoms in total. The number of hydrogen-bond donors (Lipinski definition) is 1. The Labute approximate surface area is 217 Å². The number of ether oxygens (including phenoxy) is 2. The lowest BCUT2D eigenvalue weighted by Crippen LogP contribution is -2.59. The fourth-order valence-electron chi connectivity index (χ4n) is 5.12. The van der Waals surface area contributed by atoms with Crippen molar-refractivity contribution in [2.24, 2.45) is 10.9 Å². The van der Waals surface area contributed by atoms with Gasteiger partial charge in [0.1, 0.15) is 17.4 Å². The molecular weight excluding hydrogens is 486 g/mol. The van der Waals surface area contributed by atoms with Crippen molar-refractivity contribution in [2.75, 3.05) is 12.4 Å². The molecule has 1 N–H and O–H groups in total. The number of nitrogens with zero attached hydrogens (tertiary/aromatic N) is 2. The number of nitrogens with one attached hydrogen (secondary N) is 1. The molecule has 1 aromatic heterocycles. The Balaban J connectivity index is 1.51. The zero-order valence-corrected chi connectivity index (χ0v) is 21.4. The number of thiazole rings is 1. The van der Waals surface area contributed by atoms with Crippen LogP contribution in [-0.2, 0) is 4.79 Å². The number of anilines is 1. The van der Waals surface area contributed by atoms with Gasteiger partial charge in [0.15, 0.2) is 4.80 Å². The van der Waals surface area contributed by atoms with Crippen molar-refractivity contribution >= 4 is 29.0 Å².